The number of nitrogens with two attached hydrogens (primary N) is 1. The molecule has 2 aromatic rings. The summed E-state index contributed by atoms with van der Waals surface area (Å²) in [4.78, 5) is 16.6. The number of benzene rings is 1. The van der Waals surface area contributed by atoms with Crippen LogP contribution in [-0.4, -0.2) is 30.6 Å². The van der Waals surface area contributed by atoms with Crippen LogP contribution in [0.15, 0.2) is 18.2 Å². The molecule has 0 bridgehead atoms. The molecule has 120 valence electrons. The quantitative estimate of drug-likeness (QED) is 0.887. The van der Waals surface area contributed by atoms with E-state index in [9.17, 15) is 4.79 Å². The highest BCUT2D eigenvalue weighted by atomic mass is 32.1. The maximum atomic E-state index is 12.0. The van der Waals surface area contributed by atoms with Crippen molar-refractivity contribution in [2.24, 2.45) is 5.73 Å². The molecule has 3 N–H and O–H groups in total. The van der Waals surface area contributed by atoms with Crippen molar-refractivity contribution in [3.8, 4) is 0 Å². The van der Waals surface area contributed by atoms with Crippen LogP contribution in [0.25, 0.3) is 10.2 Å². The average molecular weight is 321 g/mol. The summed E-state index contributed by atoms with van der Waals surface area (Å²) in [5.41, 5.74) is 7.29. The molecule has 1 amide bonds. The van der Waals surface area contributed by atoms with E-state index in [1.54, 1.807) is 18.4 Å². The molecule has 1 aromatic heterocycles. The van der Waals surface area contributed by atoms with Crippen LogP contribution in [0.2, 0.25) is 0 Å². The van der Waals surface area contributed by atoms with E-state index in [1.807, 2.05) is 18.2 Å². The summed E-state index contributed by atoms with van der Waals surface area (Å²) in [5, 5.41) is 3.98. The van der Waals surface area contributed by atoms with Crippen molar-refractivity contribution >= 4 is 33.1 Å². The Labute approximate surface area is 134 Å². The van der Waals surface area contributed by atoms with Crippen LogP contribution >= 0.6 is 11.3 Å². The molecule has 5 nitrogen and oxygen atoms in total. The third-order valence-corrected chi connectivity index (χ3v) is 4.77. The Balaban J connectivity index is 2.14. The largest absolute Gasteiger partial charge is 0.380 e. The number of anilines is 1. The lowest BCUT2D eigenvalue weighted by molar-refractivity contribution is -0.118. The number of ether oxygens (including phenoxy) is 1. The molecule has 0 aliphatic rings. The molecule has 6 heteroatoms. The van der Waals surface area contributed by atoms with Crippen LogP contribution in [0.5, 0.6) is 0 Å². The fourth-order valence-electron chi connectivity index (χ4n) is 2.00. The Morgan fingerprint density at radius 1 is 1.45 bits per heavy atom. The highest BCUT2D eigenvalue weighted by molar-refractivity contribution is 7.18. The first-order valence-electron chi connectivity index (χ1n) is 7.27. The first-order chi connectivity index (χ1) is 10.3. The summed E-state index contributed by atoms with van der Waals surface area (Å²) in [6.45, 7) is 6.76. The van der Waals surface area contributed by atoms with Crippen molar-refractivity contribution in [3.05, 3.63) is 23.2 Å². The molecule has 0 saturated carbocycles. The molecule has 0 saturated heterocycles. The van der Waals surface area contributed by atoms with Crippen molar-refractivity contribution in [2.75, 3.05) is 19.0 Å². The molecule has 0 radical (unpaired) electrons. The summed E-state index contributed by atoms with van der Waals surface area (Å²) in [5.74, 6) is -0.0998. The van der Waals surface area contributed by atoms with E-state index < -0.39 is 0 Å². The SMILES string of the molecule is COC(CN)CC(=O)Nc1ccc2nc(C(C)(C)C)sc2c1. The molecular weight excluding hydrogens is 298 g/mol. The molecule has 1 aromatic carbocycles. The topological polar surface area (TPSA) is 77.2 Å². The number of thiazole rings is 1. The summed E-state index contributed by atoms with van der Waals surface area (Å²) in [7, 11) is 1.56. The minimum absolute atomic E-state index is 0.0277. The summed E-state index contributed by atoms with van der Waals surface area (Å²) in [6, 6.07) is 5.77. The number of rotatable bonds is 5. The molecule has 1 atom stereocenters. The van der Waals surface area contributed by atoms with Gasteiger partial charge in [-0.05, 0) is 18.2 Å². The van der Waals surface area contributed by atoms with Gasteiger partial charge in [0, 0.05) is 24.8 Å². The third kappa shape index (κ3) is 4.03. The number of nitrogens with one attached hydrogen (secondary N) is 1. The number of methoxy groups -OCH3 is 1. The van der Waals surface area contributed by atoms with Gasteiger partial charge in [-0.15, -0.1) is 11.3 Å². The fourth-order valence-corrected chi connectivity index (χ4v) is 3.07. The molecule has 0 aliphatic carbocycles. The van der Waals surface area contributed by atoms with Gasteiger partial charge in [0.25, 0.3) is 0 Å². The first kappa shape index (κ1) is 16.9. The van der Waals surface area contributed by atoms with Gasteiger partial charge in [0.05, 0.1) is 27.7 Å². The summed E-state index contributed by atoms with van der Waals surface area (Å²) >= 11 is 1.66. The Kier molecular flexibility index (Phi) is 5.16. The number of carbonyl (C=O) groups is 1. The predicted molar refractivity (Wildman–Crippen MR) is 91.4 cm³/mol. The van der Waals surface area contributed by atoms with Crippen molar-refractivity contribution in [2.45, 2.75) is 38.7 Å². The molecule has 22 heavy (non-hydrogen) atoms. The molecule has 1 heterocycles. The van der Waals surface area contributed by atoms with E-state index >= 15 is 0 Å². The van der Waals surface area contributed by atoms with Crippen molar-refractivity contribution < 1.29 is 9.53 Å². The Hall–Kier alpha value is -1.50. The molecular formula is C16H23N3O2S. The van der Waals surface area contributed by atoms with Crippen molar-refractivity contribution in [3.63, 3.8) is 0 Å². The van der Waals surface area contributed by atoms with E-state index in [0.717, 1.165) is 20.9 Å². The molecule has 2 rings (SSSR count). The van der Waals surface area contributed by atoms with Gasteiger partial charge in [0.15, 0.2) is 0 Å². The van der Waals surface area contributed by atoms with Gasteiger partial charge in [-0.1, -0.05) is 20.8 Å². The van der Waals surface area contributed by atoms with Gasteiger partial charge in [0.1, 0.15) is 0 Å². The zero-order valence-corrected chi connectivity index (χ0v) is 14.3. The van der Waals surface area contributed by atoms with Crippen LogP contribution < -0.4 is 11.1 Å². The summed E-state index contributed by atoms with van der Waals surface area (Å²) < 4.78 is 6.20. The maximum absolute atomic E-state index is 12.0. The lowest BCUT2D eigenvalue weighted by atomic mass is 9.98. The Bertz CT molecular complexity index is 657. The molecule has 0 aliphatic heterocycles. The number of hydrogen-bond acceptors (Lipinski definition) is 5. The molecule has 0 fully saturated rings. The van der Waals surface area contributed by atoms with E-state index in [4.69, 9.17) is 10.5 Å². The van der Waals surface area contributed by atoms with E-state index in [0.29, 0.717) is 6.54 Å². The smallest absolute Gasteiger partial charge is 0.227 e. The number of carbonyl (C=O) groups excluding carboxylic acids is 1. The zero-order valence-electron chi connectivity index (χ0n) is 13.5. The normalized spacial score (nSPS) is 13.3. The second-order valence-electron chi connectivity index (χ2n) is 6.30. The van der Waals surface area contributed by atoms with Gasteiger partial charge < -0.3 is 15.8 Å². The van der Waals surface area contributed by atoms with Gasteiger partial charge in [-0.3, -0.25) is 4.79 Å². The Morgan fingerprint density at radius 2 is 2.18 bits per heavy atom. The number of amides is 1. The lowest BCUT2D eigenvalue weighted by Crippen LogP contribution is -2.28. The van der Waals surface area contributed by atoms with Crippen LogP contribution in [0, 0.1) is 0 Å². The minimum Gasteiger partial charge on any atom is -0.380 e. The fraction of sp³-hybridized carbons (Fsp3) is 0.500. The number of aromatic nitrogens is 1. The zero-order chi connectivity index (χ0) is 16.3. The second-order valence-corrected chi connectivity index (χ2v) is 7.33. The predicted octanol–water partition coefficient (Wildman–Crippen LogP) is 2.90. The van der Waals surface area contributed by atoms with Crippen molar-refractivity contribution in [1.82, 2.24) is 4.98 Å². The standard InChI is InChI=1S/C16H23N3O2S/c1-16(2,3)15-19-12-6-5-10(7-13(12)22-15)18-14(20)8-11(9-17)21-4/h5-7,11H,8-9,17H2,1-4H3,(H,18,20). The molecule has 0 spiro atoms. The summed E-state index contributed by atoms with van der Waals surface area (Å²) in [6.07, 6.45) is 0.000617. The van der Waals surface area contributed by atoms with Crippen LogP contribution in [0.1, 0.15) is 32.2 Å². The van der Waals surface area contributed by atoms with E-state index in [2.05, 4.69) is 31.1 Å². The lowest BCUT2D eigenvalue weighted by Gasteiger charge is -2.13. The van der Waals surface area contributed by atoms with E-state index in [-0.39, 0.29) is 23.8 Å². The van der Waals surface area contributed by atoms with Gasteiger partial charge in [-0.2, -0.15) is 0 Å². The highest BCUT2D eigenvalue weighted by Crippen LogP contribution is 2.32. The molecule has 1 unspecified atom stereocenters. The van der Waals surface area contributed by atoms with Gasteiger partial charge >= 0.3 is 0 Å². The monoisotopic (exact) mass is 321 g/mol. The van der Waals surface area contributed by atoms with Crippen LogP contribution in [0.4, 0.5) is 5.69 Å². The first-order valence-corrected chi connectivity index (χ1v) is 8.09. The van der Waals surface area contributed by atoms with E-state index in [1.165, 1.54) is 0 Å². The average Bonchev–Trinajstić information content (AvgIpc) is 2.88. The third-order valence-electron chi connectivity index (χ3n) is 3.32. The minimum atomic E-state index is -0.250. The van der Waals surface area contributed by atoms with Crippen molar-refractivity contribution in [1.29, 1.82) is 0 Å². The van der Waals surface area contributed by atoms with Gasteiger partial charge in [-0.25, -0.2) is 4.98 Å². The number of nitrogens with zero attached hydrogens (tertiary/aromatic N) is 1. The van der Waals surface area contributed by atoms with Crippen LogP contribution in [-0.2, 0) is 14.9 Å². The highest BCUT2D eigenvalue weighted by Gasteiger charge is 2.19. The maximum Gasteiger partial charge on any atom is 0.227 e. The second kappa shape index (κ2) is 6.73. The van der Waals surface area contributed by atoms with Gasteiger partial charge in [0.2, 0.25) is 5.91 Å². The number of fused-ring (bicyclic) bond motifs is 1. The number of hydrogen-bond donors (Lipinski definition) is 2. The van der Waals surface area contributed by atoms with Crippen LogP contribution in [0.3, 0.4) is 0 Å². The Morgan fingerprint density at radius 3 is 2.77 bits per heavy atom.